The van der Waals surface area contributed by atoms with Crippen LogP contribution in [0.25, 0.3) is 0 Å². The van der Waals surface area contributed by atoms with Crippen molar-refractivity contribution in [3.8, 4) is 0 Å². The number of ether oxygens (including phenoxy) is 1. The van der Waals surface area contributed by atoms with Gasteiger partial charge in [0.15, 0.2) is 0 Å². The second kappa shape index (κ2) is 7.72. The van der Waals surface area contributed by atoms with E-state index >= 15 is 0 Å². The van der Waals surface area contributed by atoms with Crippen molar-refractivity contribution >= 4 is 23.2 Å². The zero-order chi connectivity index (χ0) is 17.1. The number of carbonyl (C=O) groups excluding carboxylic acids is 1. The van der Waals surface area contributed by atoms with E-state index in [0.717, 1.165) is 36.9 Å². The van der Waals surface area contributed by atoms with Crippen LogP contribution in [0.3, 0.4) is 0 Å². The van der Waals surface area contributed by atoms with Crippen molar-refractivity contribution < 1.29 is 9.53 Å². The Labute approximate surface area is 149 Å². The summed E-state index contributed by atoms with van der Waals surface area (Å²) < 4.78 is 5.70. The highest BCUT2D eigenvalue weighted by atomic mass is 35.5. The van der Waals surface area contributed by atoms with E-state index in [0.29, 0.717) is 19.6 Å². The van der Waals surface area contributed by atoms with Crippen LogP contribution in [0, 0.1) is 0 Å². The maximum Gasteiger partial charge on any atom is 0.236 e. The van der Waals surface area contributed by atoms with Crippen molar-refractivity contribution in [1.29, 1.82) is 0 Å². The Morgan fingerprint density at radius 3 is 2.38 bits per heavy atom. The fourth-order valence-corrected chi connectivity index (χ4v) is 3.78. The lowest BCUT2D eigenvalue weighted by atomic mass is 10.2. The number of halogens is 1. The zero-order valence-electron chi connectivity index (χ0n) is 14.4. The van der Waals surface area contributed by atoms with Crippen LogP contribution < -0.4 is 4.90 Å². The molecule has 6 heteroatoms. The Balaban J connectivity index is 1.50. The van der Waals surface area contributed by atoms with Crippen LogP contribution in [0.15, 0.2) is 24.3 Å². The molecular formula is C18H26ClN3O2. The number of carbonyl (C=O) groups is 1. The first kappa shape index (κ1) is 17.5. The van der Waals surface area contributed by atoms with E-state index in [-0.39, 0.29) is 18.1 Å². The predicted octanol–water partition coefficient (Wildman–Crippen LogP) is 2.10. The minimum absolute atomic E-state index is 0.120. The Hall–Kier alpha value is -1.30. The third-order valence-electron chi connectivity index (χ3n) is 4.70. The monoisotopic (exact) mass is 351 g/mol. The molecule has 3 rings (SSSR count). The molecule has 0 saturated carbocycles. The minimum Gasteiger partial charge on any atom is -0.372 e. The van der Waals surface area contributed by atoms with Crippen LogP contribution in [-0.2, 0) is 9.53 Å². The number of rotatable bonds is 3. The van der Waals surface area contributed by atoms with E-state index in [9.17, 15) is 4.79 Å². The van der Waals surface area contributed by atoms with Crippen LogP contribution in [0.5, 0.6) is 0 Å². The van der Waals surface area contributed by atoms with Crippen molar-refractivity contribution in [1.82, 2.24) is 9.80 Å². The highest BCUT2D eigenvalue weighted by Crippen LogP contribution is 2.26. The van der Waals surface area contributed by atoms with E-state index in [1.54, 1.807) is 0 Å². The number of nitrogens with zero attached hydrogens (tertiary/aromatic N) is 3. The highest BCUT2D eigenvalue weighted by Gasteiger charge is 2.28. The molecule has 0 aromatic heterocycles. The molecule has 2 saturated heterocycles. The van der Waals surface area contributed by atoms with Gasteiger partial charge >= 0.3 is 0 Å². The van der Waals surface area contributed by atoms with E-state index < -0.39 is 0 Å². The van der Waals surface area contributed by atoms with Crippen LogP contribution >= 0.6 is 11.6 Å². The Morgan fingerprint density at radius 1 is 1.12 bits per heavy atom. The van der Waals surface area contributed by atoms with Gasteiger partial charge < -0.3 is 14.5 Å². The summed E-state index contributed by atoms with van der Waals surface area (Å²) in [6.07, 6.45) is 0.240. The molecule has 2 aliphatic heterocycles. The quantitative estimate of drug-likeness (QED) is 0.835. The second-order valence-corrected chi connectivity index (χ2v) is 7.18. The number of para-hydroxylation sites is 1. The minimum atomic E-state index is 0.120. The Bertz CT molecular complexity index is 565. The SMILES string of the molecule is CC1CN(C(=O)CN2CCN(c3ccccc3Cl)CC2)CC(C)O1. The van der Waals surface area contributed by atoms with Crippen molar-refractivity contribution in [2.24, 2.45) is 0 Å². The summed E-state index contributed by atoms with van der Waals surface area (Å²) in [5.74, 6) is 0.211. The zero-order valence-corrected chi connectivity index (χ0v) is 15.2. The Kier molecular flexibility index (Phi) is 5.64. The average Bonchev–Trinajstić information content (AvgIpc) is 2.55. The number of hydrogen-bond acceptors (Lipinski definition) is 4. The average molecular weight is 352 g/mol. The fraction of sp³-hybridized carbons (Fsp3) is 0.611. The van der Waals surface area contributed by atoms with Crippen molar-refractivity contribution in [2.75, 3.05) is 50.7 Å². The molecule has 0 bridgehead atoms. The van der Waals surface area contributed by atoms with Crippen LogP contribution in [0.4, 0.5) is 5.69 Å². The molecule has 0 spiro atoms. The number of piperazine rings is 1. The van der Waals surface area contributed by atoms with Gasteiger partial charge in [-0.2, -0.15) is 0 Å². The standard InChI is InChI=1S/C18H26ClN3O2/c1-14-11-22(12-15(2)24-14)18(23)13-20-7-9-21(10-8-20)17-6-4-3-5-16(17)19/h3-6,14-15H,7-13H2,1-2H3. The summed E-state index contributed by atoms with van der Waals surface area (Å²) in [6.45, 7) is 9.50. The van der Waals surface area contributed by atoms with Gasteiger partial charge in [-0.3, -0.25) is 9.69 Å². The molecular weight excluding hydrogens is 326 g/mol. The molecule has 1 amide bonds. The predicted molar refractivity (Wildman–Crippen MR) is 96.7 cm³/mol. The molecule has 2 fully saturated rings. The van der Waals surface area contributed by atoms with Gasteiger partial charge in [0.1, 0.15) is 0 Å². The molecule has 2 unspecified atom stereocenters. The van der Waals surface area contributed by atoms with Crippen LogP contribution in [-0.4, -0.2) is 73.7 Å². The normalized spacial score (nSPS) is 25.8. The third kappa shape index (κ3) is 4.21. The van der Waals surface area contributed by atoms with Crippen molar-refractivity contribution in [3.05, 3.63) is 29.3 Å². The molecule has 2 heterocycles. The smallest absolute Gasteiger partial charge is 0.236 e. The molecule has 24 heavy (non-hydrogen) atoms. The first-order valence-corrected chi connectivity index (χ1v) is 9.06. The molecule has 5 nitrogen and oxygen atoms in total. The molecule has 0 aliphatic carbocycles. The number of morpholine rings is 1. The van der Waals surface area contributed by atoms with E-state index in [2.05, 4.69) is 15.9 Å². The fourth-order valence-electron chi connectivity index (χ4n) is 3.53. The van der Waals surface area contributed by atoms with E-state index in [1.807, 2.05) is 36.9 Å². The molecule has 1 aromatic rings. The van der Waals surface area contributed by atoms with Gasteiger partial charge in [0, 0.05) is 39.3 Å². The van der Waals surface area contributed by atoms with Gasteiger partial charge in [-0.1, -0.05) is 23.7 Å². The largest absolute Gasteiger partial charge is 0.372 e. The van der Waals surface area contributed by atoms with Crippen LogP contribution in [0.1, 0.15) is 13.8 Å². The first-order chi connectivity index (χ1) is 11.5. The van der Waals surface area contributed by atoms with Crippen molar-refractivity contribution in [3.63, 3.8) is 0 Å². The second-order valence-electron chi connectivity index (χ2n) is 6.77. The van der Waals surface area contributed by atoms with Gasteiger partial charge in [0.25, 0.3) is 0 Å². The maximum absolute atomic E-state index is 12.6. The summed E-state index contributed by atoms with van der Waals surface area (Å²) >= 11 is 6.28. The van der Waals surface area contributed by atoms with Gasteiger partial charge in [0.05, 0.1) is 29.5 Å². The molecule has 2 atom stereocenters. The number of benzene rings is 1. The molecule has 132 valence electrons. The summed E-state index contributed by atoms with van der Waals surface area (Å²) in [5.41, 5.74) is 1.08. The van der Waals surface area contributed by atoms with Gasteiger partial charge in [-0.05, 0) is 26.0 Å². The highest BCUT2D eigenvalue weighted by molar-refractivity contribution is 6.33. The lowest BCUT2D eigenvalue weighted by Gasteiger charge is -2.39. The Morgan fingerprint density at radius 2 is 1.75 bits per heavy atom. The number of amides is 1. The molecule has 1 aromatic carbocycles. The third-order valence-corrected chi connectivity index (χ3v) is 5.02. The van der Waals surface area contributed by atoms with E-state index in [1.165, 1.54) is 0 Å². The first-order valence-electron chi connectivity index (χ1n) is 8.68. The summed E-state index contributed by atoms with van der Waals surface area (Å²) in [7, 11) is 0. The topological polar surface area (TPSA) is 36.0 Å². The van der Waals surface area contributed by atoms with Gasteiger partial charge in [-0.25, -0.2) is 0 Å². The lowest BCUT2D eigenvalue weighted by molar-refractivity contribution is -0.144. The number of anilines is 1. The molecule has 0 radical (unpaired) electrons. The summed E-state index contributed by atoms with van der Waals surface area (Å²) in [4.78, 5) is 19.0. The lowest BCUT2D eigenvalue weighted by Crippen LogP contribution is -2.54. The van der Waals surface area contributed by atoms with Gasteiger partial charge in [-0.15, -0.1) is 0 Å². The molecule has 0 N–H and O–H groups in total. The summed E-state index contributed by atoms with van der Waals surface area (Å²) in [6, 6.07) is 7.94. The van der Waals surface area contributed by atoms with Crippen molar-refractivity contribution in [2.45, 2.75) is 26.1 Å². The van der Waals surface area contributed by atoms with Gasteiger partial charge in [0.2, 0.25) is 5.91 Å². The molecule has 2 aliphatic rings. The van der Waals surface area contributed by atoms with E-state index in [4.69, 9.17) is 16.3 Å². The number of hydrogen-bond donors (Lipinski definition) is 0. The summed E-state index contributed by atoms with van der Waals surface area (Å²) in [5, 5.41) is 0.790. The maximum atomic E-state index is 12.6. The van der Waals surface area contributed by atoms with Crippen LogP contribution in [0.2, 0.25) is 5.02 Å².